The van der Waals surface area contributed by atoms with E-state index in [-0.39, 0.29) is 0 Å². The van der Waals surface area contributed by atoms with Crippen LogP contribution in [0.5, 0.6) is 0 Å². The van der Waals surface area contributed by atoms with Gasteiger partial charge in [0.05, 0.1) is 0 Å². The largest absolute Gasteiger partial charge is 0.295 e. The topological polar surface area (TPSA) is 17.1 Å². The van der Waals surface area contributed by atoms with Gasteiger partial charge in [-0.3, -0.25) is 4.79 Å². The molecule has 0 aliphatic heterocycles. The molecule has 0 saturated heterocycles. The Kier molecular flexibility index (Phi) is 1.85. The van der Waals surface area contributed by atoms with Gasteiger partial charge in [0, 0.05) is 6.42 Å². The van der Waals surface area contributed by atoms with Crippen molar-refractivity contribution in [2.24, 2.45) is 22.7 Å². The number of carbonyl (C=O) groups excluding carboxylic acids is 1. The van der Waals surface area contributed by atoms with Crippen LogP contribution in [0, 0.1) is 22.7 Å². The molecule has 2 saturated carbocycles. The Balaban J connectivity index is 2.01. The number of hydrogen-bond acceptors (Lipinski definition) is 1. The third kappa shape index (κ3) is 1.15. The first-order valence-corrected chi connectivity index (χ1v) is 6.60. The van der Waals surface area contributed by atoms with Gasteiger partial charge in [-0.25, -0.2) is 0 Å². The molecule has 0 spiro atoms. The molecule has 0 radical (unpaired) electrons. The molecule has 1 heteroatoms. The van der Waals surface area contributed by atoms with Crippen LogP contribution in [-0.2, 0) is 4.79 Å². The maximum Gasteiger partial charge on any atom is 0.158 e. The van der Waals surface area contributed by atoms with Crippen molar-refractivity contribution in [3.63, 3.8) is 0 Å². The monoisotopic (exact) mass is 218 g/mol. The van der Waals surface area contributed by atoms with E-state index >= 15 is 0 Å². The molecule has 88 valence electrons. The predicted octanol–water partition coefficient (Wildman–Crippen LogP) is 3.74. The molecule has 3 atom stereocenters. The van der Waals surface area contributed by atoms with Crippen molar-refractivity contribution in [2.45, 2.75) is 53.4 Å². The lowest BCUT2D eigenvalue weighted by Gasteiger charge is -2.40. The summed E-state index contributed by atoms with van der Waals surface area (Å²) in [4.78, 5) is 11.8. The molecule has 3 rings (SSSR count). The van der Waals surface area contributed by atoms with E-state index < -0.39 is 0 Å². The van der Waals surface area contributed by atoms with Crippen LogP contribution in [0.4, 0.5) is 0 Å². The summed E-state index contributed by atoms with van der Waals surface area (Å²) in [5, 5.41) is 0. The zero-order valence-electron chi connectivity index (χ0n) is 10.9. The molecule has 3 aliphatic rings. The minimum Gasteiger partial charge on any atom is -0.295 e. The first-order chi connectivity index (χ1) is 7.36. The fraction of sp³-hybridized carbons (Fsp3) is 0.800. The Morgan fingerprint density at radius 2 is 1.88 bits per heavy atom. The highest BCUT2D eigenvalue weighted by Crippen LogP contribution is 2.70. The van der Waals surface area contributed by atoms with Gasteiger partial charge in [-0.2, -0.15) is 0 Å². The Hall–Kier alpha value is -0.590. The fourth-order valence-corrected chi connectivity index (χ4v) is 4.35. The first kappa shape index (κ1) is 10.6. The summed E-state index contributed by atoms with van der Waals surface area (Å²) in [5.74, 6) is 2.18. The third-order valence-electron chi connectivity index (χ3n) is 5.89. The van der Waals surface area contributed by atoms with Crippen molar-refractivity contribution in [3.8, 4) is 0 Å². The van der Waals surface area contributed by atoms with Crippen molar-refractivity contribution in [1.29, 1.82) is 0 Å². The van der Waals surface area contributed by atoms with Crippen molar-refractivity contribution in [1.82, 2.24) is 0 Å². The van der Waals surface area contributed by atoms with E-state index in [1.54, 1.807) is 0 Å². The summed E-state index contributed by atoms with van der Waals surface area (Å²) in [6.07, 6.45) is 4.40. The number of rotatable bonds is 0. The van der Waals surface area contributed by atoms with Gasteiger partial charge in [-0.1, -0.05) is 26.3 Å². The van der Waals surface area contributed by atoms with E-state index in [1.165, 1.54) is 18.4 Å². The smallest absolute Gasteiger partial charge is 0.158 e. The van der Waals surface area contributed by atoms with E-state index in [0.717, 1.165) is 30.3 Å². The van der Waals surface area contributed by atoms with Gasteiger partial charge < -0.3 is 0 Å². The standard InChI is InChI=1S/C15H22O/c1-9-10-7-11-12(14(11,2)3)8-15(10,4)6-5-13(9)16/h11-12H,5-8H2,1-4H3. The van der Waals surface area contributed by atoms with Gasteiger partial charge in [-0.05, 0) is 54.4 Å². The van der Waals surface area contributed by atoms with E-state index in [4.69, 9.17) is 0 Å². The SMILES string of the molecule is CC1=C2CC3C(CC2(C)CCC1=O)C3(C)C. The van der Waals surface area contributed by atoms with Gasteiger partial charge in [0.25, 0.3) is 0 Å². The van der Waals surface area contributed by atoms with Gasteiger partial charge in [0.15, 0.2) is 5.78 Å². The van der Waals surface area contributed by atoms with E-state index in [0.29, 0.717) is 16.6 Å². The van der Waals surface area contributed by atoms with Gasteiger partial charge in [0.2, 0.25) is 0 Å². The van der Waals surface area contributed by atoms with Crippen LogP contribution in [0.1, 0.15) is 53.4 Å². The minimum absolute atomic E-state index is 0.354. The number of Topliss-reactive ketones (excluding diaryl/α,β-unsaturated/α-hetero) is 1. The second kappa shape index (κ2) is 2.80. The lowest BCUT2D eigenvalue weighted by molar-refractivity contribution is -0.117. The lowest BCUT2D eigenvalue weighted by Crippen LogP contribution is -2.31. The van der Waals surface area contributed by atoms with Crippen molar-refractivity contribution in [2.75, 3.05) is 0 Å². The summed E-state index contributed by atoms with van der Waals surface area (Å²) >= 11 is 0. The van der Waals surface area contributed by atoms with E-state index in [9.17, 15) is 4.79 Å². The number of ketones is 1. The van der Waals surface area contributed by atoms with Crippen LogP contribution in [0.3, 0.4) is 0 Å². The highest BCUT2D eigenvalue weighted by atomic mass is 16.1. The summed E-state index contributed by atoms with van der Waals surface area (Å²) in [6, 6.07) is 0. The maximum absolute atomic E-state index is 11.8. The average molecular weight is 218 g/mol. The molecule has 3 aliphatic carbocycles. The van der Waals surface area contributed by atoms with Gasteiger partial charge >= 0.3 is 0 Å². The van der Waals surface area contributed by atoms with E-state index in [2.05, 4.69) is 27.7 Å². The van der Waals surface area contributed by atoms with Crippen LogP contribution in [0.15, 0.2) is 11.1 Å². The minimum atomic E-state index is 0.354. The molecule has 16 heavy (non-hydrogen) atoms. The van der Waals surface area contributed by atoms with Gasteiger partial charge in [-0.15, -0.1) is 0 Å². The van der Waals surface area contributed by atoms with Crippen LogP contribution < -0.4 is 0 Å². The molecule has 1 nitrogen and oxygen atoms in total. The molecule has 0 aromatic carbocycles. The number of allylic oxidation sites excluding steroid dienone is 2. The molecule has 0 aromatic rings. The van der Waals surface area contributed by atoms with Crippen molar-refractivity contribution < 1.29 is 4.79 Å². The number of carbonyl (C=O) groups is 1. The molecule has 0 amide bonds. The average Bonchev–Trinajstić information content (AvgIpc) is 2.73. The van der Waals surface area contributed by atoms with Crippen LogP contribution in [0.25, 0.3) is 0 Å². The molecule has 0 heterocycles. The molecule has 3 unspecified atom stereocenters. The maximum atomic E-state index is 11.8. The Morgan fingerprint density at radius 3 is 2.56 bits per heavy atom. The highest BCUT2D eigenvalue weighted by molar-refractivity contribution is 5.96. The summed E-state index contributed by atoms with van der Waals surface area (Å²) in [6.45, 7) is 9.26. The van der Waals surface area contributed by atoms with Crippen LogP contribution >= 0.6 is 0 Å². The Morgan fingerprint density at radius 1 is 1.19 bits per heavy atom. The van der Waals surface area contributed by atoms with Crippen LogP contribution in [-0.4, -0.2) is 5.78 Å². The van der Waals surface area contributed by atoms with Gasteiger partial charge in [0.1, 0.15) is 0 Å². The molecule has 2 fully saturated rings. The fourth-order valence-electron chi connectivity index (χ4n) is 4.35. The summed E-state index contributed by atoms with van der Waals surface area (Å²) in [5.41, 5.74) is 3.51. The predicted molar refractivity (Wildman–Crippen MR) is 65.0 cm³/mol. The molecule has 0 N–H and O–H groups in total. The summed E-state index contributed by atoms with van der Waals surface area (Å²) in [7, 11) is 0. The molecular formula is C15H22O. The quantitative estimate of drug-likeness (QED) is 0.605. The summed E-state index contributed by atoms with van der Waals surface area (Å²) < 4.78 is 0. The van der Waals surface area contributed by atoms with E-state index in [1.807, 2.05) is 0 Å². The lowest BCUT2D eigenvalue weighted by atomic mass is 9.64. The van der Waals surface area contributed by atoms with Crippen molar-refractivity contribution in [3.05, 3.63) is 11.1 Å². The second-order valence-electron chi connectivity index (χ2n) is 7.03. The third-order valence-corrected chi connectivity index (χ3v) is 5.89. The molecular weight excluding hydrogens is 196 g/mol. The number of fused-ring (bicyclic) bond motifs is 2. The number of hydrogen-bond donors (Lipinski definition) is 0. The first-order valence-electron chi connectivity index (χ1n) is 6.60. The Labute approximate surface area is 98.3 Å². The molecule has 0 bridgehead atoms. The zero-order valence-corrected chi connectivity index (χ0v) is 10.9. The second-order valence-corrected chi connectivity index (χ2v) is 7.03. The Bertz CT molecular complexity index is 402. The highest BCUT2D eigenvalue weighted by Gasteiger charge is 2.63. The van der Waals surface area contributed by atoms with Crippen molar-refractivity contribution >= 4 is 5.78 Å². The van der Waals surface area contributed by atoms with Crippen LogP contribution in [0.2, 0.25) is 0 Å². The zero-order chi connectivity index (χ0) is 11.7. The normalized spacial score (nSPS) is 45.1. The molecule has 0 aromatic heterocycles.